The van der Waals surface area contributed by atoms with Gasteiger partial charge in [-0.25, -0.2) is 0 Å². The van der Waals surface area contributed by atoms with Crippen molar-refractivity contribution >= 4 is 5.91 Å². The number of rotatable bonds is 5. The second-order valence-electron chi connectivity index (χ2n) is 5.33. The molecular weight excluding hydrogens is 230 g/mol. The van der Waals surface area contributed by atoms with Gasteiger partial charge in [-0.15, -0.1) is 0 Å². The second-order valence-corrected chi connectivity index (χ2v) is 5.33. The van der Waals surface area contributed by atoms with Gasteiger partial charge in [0.25, 0.3) is 0 Å². The molecule has 0 aromatic rings. The third-order valence-corrected chi connectivity index (χ3v) is 4.07. The first-order valence-electron chi connectivity index (χ1n) is 7.01. The fraction of sp³-hybridized carbons (Fsp3) is 0.923. The van der Waals surface area contributed by atoms with Crippen molar-refractivity contribution in [1.82, 2.24) is 15.5 Å². The van der Waals surface area contributed by atoms with Gasteiger partial charge in [0.1, 0.15) is 0 Å². The number of nitrogens with one attached hydrogen (secondary N) is 2. The summed E-state index contributed by atoms with van der Waals surface area (Å²) in [6.45, 7) is 6.04. The molecule has 0 radical (unpaired) electrons. The van der Waals surface area contributed by atoms with Gasteiger partial charge in [0.15, 0.2) is 0 Å². The van der Waals surface area contributed by atoms with Crippen LogP contribution in [0, 0.1) is 5.92 Å². The Labute approximate surface area is 109 Å². The highest BCUT2D eigenvalue weighted by atomic mass is 16.5. The van der Waals surface area contributed by atoms with Crippen LogP contribution in [-0.2, 0) is 9.53 Å². The lowest BCUT2D eigenvalue weighted by molar-refractivity contribution is -0.125. The van der Waals surface area contributed by atoms with Gasteiger partial charge < -0.3 is 20.3 Å². The highest BCUT2D eigenvalue weighted by molar-refractivity contribution is 5.79. The van der Waals surface area contributed by atoms with Crippen molar-refractivity contribution in [3.8, 4) is 0 Å². The lowest BCUT2D eigenvalue weighted by Crippen LogP contribution is -2.46. The van der Waals surface area contributed by atoms with Gasteiger partial charge in [-0.2, -0.15) is 0 Å². The van der Waals surface area contributed by atoms with Crippen molar-refractivity contribution in [2.45, 2.75) is 31.8 Å². The molecule has 1 amide bonds. The van der Waals surface area contributed by atoms with E-state index < -0.39 is 0 Å². The molecule has 2 aliphatic heterocycles. The molecule has 2 N–H and O–H groups in total. The van der Waals surface area contributed by atoms with Gasteiger partial charge >= 0.3 is 0 Å². The van der Waals surface area contributed by atoms with Crippen LogP contribution in [0.15, 0.2) is 0 Å². The fourth-order valence-corrected chi connectivity index (χ4v) is 2.86. The largest absolute Gasteiger partial charge is 0.379 e. The molecule has 5 nitrogen and oxygen atoms in total. The Balaban J connectivity index is 1.76. The van der Waals surface area contributed by atoms with Gasteiger partial charge in [0, 0.05) is 18.6 Å². The topological polar surface area (TPSA) is 53.6 Å². The summed E-state index contributed by atoms with van der Waals surface area (Å²) < 4.78 is 5.40. The molecular formula is C13H25N3O2. The van der Waals surface area contributed by atoms with Crippen molar-refractivity contribution in [1.29, 1.82) is 0 Å². The molecule has 2 heterocycles. The van der Waals surface area contributed by atoms with E-state index in [0.29, 0.717) is 19.3 Å². The average Bonchev–Trinajstić information content (AvgIpc) is 2.96. The van der Waals surface area contributed by atoms with E-state index in [-0.39, 0.29) is 17.9 Å². The van der Waals surface area contributed by atoms with Crippen molar-refractivity contribution in [2.75, 3.05) is 39.9 Å². The number of hydrogen-bond acceptors (Lipinski definition) is 4. The Morgan fingerprint density at radius 1 is 1.44 bits per heavy atom. The van der Waals surface area contributed by atoms with Crippen LogP contribution in [-0.4, -0.2) is 62.8 Å². The van der Waals surface area contributed by atoms with E-state index in [1.165, 1.54) is 12.8 Å². The number of amides is 1. The maximum Gasteiger partial charge on any atom is 0.227 e. The fourth-order valence-electron chi connectivity index (χ4n) is 2.86. The number of hydrogen-bond donors (Lipinski definition) is 2. The van der Waals surface area contributed by atoms with Gasteiger partial charge in [0.2, 0.25) is 5.91 Å². The van der Waals surface area contributed by atoms with Crippen LogP contribution in [0.1, 0.15) is 19.8 Å². The summed E-state index contributed by atoms with van der Waals surface area (Å²) in [6, 6.07) is 0.685. The van der Waals surface area contributed by atoms with Crippen LogP contribution in [0.25, 0.3) is 0 Å². The Bertz CT molecular complexity index is 285. The molecule has 0 aliphatic carbocycles. The third-order valence-electron chi connectivity index (χ3n) is 4.07. The van der Waals surface area contributed by atoms with E-state index in [4.69, 9.17) is 4.74 Å². The van der Waals surface area contributed by atoms with E-state index in [2.05, 4.69) is 29.5 Å². The molecule has 2 rings (SSSR count). The molecule has 18 heavy (non-hydrogen) atoms. The van der Waals surface area contributed by atoms with Crippen LogP contribution in [0.5, 0.6) is 0 Å². The third kappa shape index (κ3) is 3.22. The van der Waals surface area contributed by atoms with Gasteiger partial charge in [-0.05, 0) is 33.0 Å². The number of nitrogens with zero attached hydrogens (tertiary/aromatic N) is 1. The van der Waals surface area contributed by atoms with Gasteiger partial charge in [-0.1, -0.05) is 6.92 Å². The predicted octanol–water partition coefficient (Wildman–Crippen LogP) is -0.179. The lowest BCUT2D eigenvalue weighted by atomic mass is 10.0. The van der Waals surface area contributed by atoms with Crippen molar-refractivity contribution < 1.29 is 9.53 Å². The zero-order valence-electron chi connectivity index (χ0n) is 11.4. The van der Waals surface area contributed by atoms with E-state index in [9.17, 15) is 4.79 Å². The zero-order chi connectivity index (χ0) is 13.0. The Hall–Kier alpha value is -0.650. The van der Waals surface area contributed by atoms with Crippen LogP contribution >= 0.6 is 0 Å². The smallest absolute Gasteiger partial charge is 0.227 e. The molecule has 2 aliphatic rings. The minimum Gasteiger partial charge on any atom is -0.379 e. The van der Waals surface area contributed by atoms with Crippen molar-refractivity contribution in [3.05, 3.63) is 0 Å². The van der Waals surface area contributed by atoms with Crippen LogP contribution < -0.4 is 10.6 Å². The van der Waals surface area contributed by atoms with E-state index in [1.54, 1.807) is 0 Å². The van der Waals surface area contributed by atoms with Gasteiger partial charge in [0.05, 0.1) is 19.1 Å². The first-order valence-corrected chi connectivity index (χ1v) is 7.01. The summed E-state index contributed by atoms with van der Waals surface area (Å²) in [5, 5.41) is 6.40. The highest BCUT2D eigenvalue weighted by Crippen LogP contribution is 2.16. The Morgan fingerprint density at radius 3 is 2.94 bits per heavy atom. The lowest BCUT2D eigenvalue weighted by Gasteiger charge is -2.22. The molecule has 2 saturated heterocycles. The normalized spacial score (nSPS) is 32.9. The maximum atomic E-state index is 12.1. The number of carbonyl (C=O) groups excluding carboxylic acids is 1. The second kappa shape index (κ2) is 6.50. The van der Waals surface area contributed by atoms with E-state index >= 15 is 0 Å². The van der Waals surface area contributed by atoms with Crippen LogP contribution in [0.4, 0.5) is 0 Å². The maximum absolute atomic E-state index is 12.1. The zero-order valence-corrected chi connectivity index (χ0v) is 11.4. The van der Waals surface area contributed by atoms with Gasteiger partial charge in [-0.3, -0.25) is 4.79 Å². The van der Waals surface area contributed by atoms with Crippen molar-refractivity contribution in [2.24, 2.45) is 5.92 Å². The van der Waals surface area contributed by atoms with Crippen molar-refractivity contribution in [3.63, 3.8) is 0 Å². The minimum atomic E-state index is -0.0309. The average molecular weight is 255 g/mol. The summed E-state index contributed by atoms with van der Waals surface area (Å²) in [6.07, 6.45) is 2.43. The first kappa shape index (κ1) is 13.8. The van der Waals surface area contributed by atoms with E-state index in [1.807, 2.05) is 0 Å². The molecule has 5 heteroatoms. The number of ether oxygens (including phenoxy) is 1. The summed E-state index contributed by atoms with van der Waals surface area (Å²) >= 11 is 0. The molecule has 3 atom stereocenters. The van der Waals surface area contributed by atoms with Crippen LogP contribution in [0.3, 0.4) is 0 Å². The number of likely N-dealkylation sites (N-methyl/N-ethyl adjacent to an activating group) is 2. The molecule has 2 fully saturated rings. The standard InChI is InChI=1S/C13H25N3O2/c1-3-14-12-9-18-8-11(12)13(17)15-7-10-5-4-6-16(10)2/h10-12,14H,3-9H2,1-2H3,(H,15,17). The Morgan fingerprint density at radius 2 is 2.28 bits per heavy atom. The molecule has 0 bridgehead atoms. The summed E-state index contributed by atoms with van der Waals surface area (Å²) in [5.74, 6) is 0.107. The number of carbonyl (C=O) groups is 1. The monoisotopic (exact) mass is 255 g/mol. The summed E-state index contributed by atoms with van der Waals surface area (Å²) in [7, 11) is 2.13. The molecule has 0 aromatic heterocycles. The van der Waals surface area contributed by atoms with E-state index in [0.717, 1.165) is 19.6 Å². The highest BCUT2D eigenvalue weighted by Gasteiger charge is 2.33. The predicted molar refractivity (Wildman–Crippen MR) is 70.4 cm³/mol. The SMILES string of the molecule is CCNC1COCC1C(=O)NCC1CCCN1C. The Kier molecular flexibility index (Phi) is 4.97. The number of likely N-dealkylation sites (tertiary alicyclic amines) is 1. The molecule has 104 valence electrons. The molecule has 0 spiro atoms. The quantitative estimate of drug-likeness (QED) is 0.716. The minimum absolute atomic E-state index is 0.0309. The summed E-state index contributed by atoms with van der Waals surface area (Å²) in [4.78, 5) is 14.5. The van der Waals surface area contributed by atoms with Crippen LogP contribution in [0.2, 0.25) is 0 Å². The molecule has 0 aromatic carbocycles. The summed E-state index contributed by atoms with van der Waals surface area (Å²) in [5.41, 5.74) is 0. The molecule has 0 saturated carbocycles. The molecule has 3 unspecified atom stereocenters. The first-order chi connectivity index (χ1) is 8.72.